The van der Waals surface area contributed by atoms with E-state index in [0.29, 0.717) is 28.9 Å². The molecule has 0 spiro atoms. The van der Waals surface area contributed by atoms with Gasteiger partial charge in [0.1, 0.15) is 5.75 Å². The van der Waals surface area contributed by atoms with Crippen molar-refractivity contribution < 1.29 is 13.9 Å². The number of rotatable bonds is 4. The third-order valence-electron chi connectivity index (χ3n) is 2.77. The van der Waals surface area contributed by atoms with Crippen molar-refractivity contribution in [2.75, 3.05) is 26.4 Å². The maximum absolute atomic E-state index is 12.2. The minimum atomic E-state index is -0.381. The Morgan fingerprint density at radius 3 is 2.78 bits per heavy atom. The molecule has 18 heavy (non-hydrogen) atoms. The topological polar surface area (TPSA) is 29.5 Å². The summed E-state index contributed by atoms with van der Waals surface area (Å²) in [5.74, 6) is 0.232. The molecule has 0 saturated carbocycles. The molecule has 0 unspecified atom stereocenters. The van der Waals surface area contributed by atoms with Crippen LogP contribution in [-0.2, 0) is 4.79 Å². The number of carbonyl (C=O) groups excluding carboxylic acids is 1. The van der Waals surface area contributed by atoms with Crippen LogP contribution in [0, 0.1) is 5.92 Å². The number of halogens is 3. The Morgan fingerprint density at radius 2 is 2.17 bits per heavy atom. The summed E-state index contributed by atoms with van der Waals surface area (Å²) in [6, 6.07) is 4.79. The van der Waals surface area contributed by atoms with Gasteiger partial charge in [0.15, 0.2) is 6.61 Å². The average Bonchev–Trinajstić information content (AvgIpc) is 2.26. The van der Waals surface area contributed by atoms with Crippen LogP contribution in [0.5, 0.6) is 5.75 Å². The minimum absolute atomic E-state index is 0.0203. The van der Waals surface area contributed by atoms with Gasteiger partial charge in [0.2, 0.25) is 0 Å². The first kappa shape index (κ1) is 13.4. The molecule has 0 atom stereocenters. The lowest BCUT2D eigenvalue weighted by Crippen LogP contribution is -2.52. The van der Waals surface area contributed by atoms with Gasteiger partial charge in [-0.3, -0.25) is 9.18 Å². The second kappa shape index (κ2) is 5.76. The highest BCUT2D eigenvalue weighted by Crippen LogP contribution is 2.27. The zero-order valence-electron chi connectivity index (χ0n) is 9.54. The van der Waals surface area contributed by atoms with Crippen molar-refractivity contribution in [1.82, 2.24) is 4.90 Å². The summed E-state index contributed by atoms with van der Waals surface area (Å²) >= 11 is 11.6. The van der Waals surface area contributed by atoms with Crippen LogP contribution in [0.3, 0.4) is 0 Å². The number of likely N-dealkylation sites (tertiary alicyclic amines) is 1. The zero-order valence-corrected chi connectivity index (χ0v) is 11.0. The number of amides is 1. The summed E-state index contributed by atoms with van der Waals surface area (Å²) in [4.78, 5) is 13.2. The highest BCUT2D eigenvalue weighted by atomic mass is 35.5. The van der Waals surface area contributed by atoms with E-state index in [2.05, 4.69) is 0 Å². The van der Waals surface area contributed by atoms with Crippen LogP contribution in [0.25, 0.3) is 0 Å². The molecule has 6 heteroatoms. The van der Waals surface area contributed by atoms with Crippen LogP contribution in [0.4, 0.5) is 4.39 Å². The molecular weight excluding hydrogens is 280 g/mol. The van der Waals surface area contributed by atoms with E-state index >= 15 is 0 Å². The molecule has 98 valence electrons. The maximum atomic E-state index is 12.2. The zero-order chi connectivity index (χ0) is 13.1. The van der Waals surface area contributed by atoms with Crippen LogP contribution in [0.15, 0.2) is 18.2 Å². The van der Waals surface area contributed by atoms with Gasteiger partial charge < -0.3 is 9.64 Å². The Labute approximate surface area is 114 Å². The van der Waals surface area contributed by atoms with Crippen LogP contribution in [0.2, 0.25) is 10.0 Å². The Bertz CT molecular complexity index is 450. The van der Waals surface area contributed by atoms with E-state index in [1.54, 1.807) is 23.1 Å². The van der Waals surface area contributed by atoms with E-state index < -0.39 is 0 Å². The smallest absolute Gasteiger partial charge is 0.260 e. The fourth-order valence-corrected chi connectivity index (χ4v) is 2.16. The lowest BCUT2D eigenvalue weighted by Gasteiger charge is -2.37. The van der Waals surface area contributed by atoms with Gasteiger partial charge in [0, 0.05) is 24.0 Å². The van der Waals surface area contributed by atoms with Crippen molar-refractivity contribution in [1.29, 1.82) is 0 Å². The van der Waals surface area contributed by atoms with Crippen molar-refractivity contribution in [2.45, 2.75) is 0 Å². The van der Waals surface area contributed by atoms with Crippen molar-refractivity contribution in [2.24, 2.45) is 5.92 Å². The number of nitrogens with zero attached hydrogens (tertiary/aromatic N) is 1. The SMILES string of the molecule is O=C(COc1ccc(Cl)cc1Cl)N1CC(CF)C1. The standard InChI is InChI=1S/C12H12Cl2FNO2/c13-9-1-2-11(10(14)3-9)18-7-12(17)16-5-8(4-15)6-16/h1-3,8H,4-7H2. The quantitative estimate of drug-likeness (QED) is 0.854. The lowest BCUT2D eigenvalue weighted by molar-refractivity contribution is -0.140. The molecule has 1 saturated heterocycles. The largest absolute Gasteiger partial charge is 0.482 e. The summed E-state index contributed by atoms with van der Waals surface area (Å²) in [5.41, 5.74) is 0. The van der Waals surface area contributed by atoms with Crippen molar-refractivity contribution in [3.8, 4) is 5.75 Å². The highest BCUT2D eigenvalue weighted by molar-refractivity contribution is 6.35. The summed E-state index contributed by atoms with van der Waals surface area (Å²) in [6.07, 6.45) is 0. The number of hydrogen-bond acceptors (Lipinski definition) is 2. The number of ether oxygens (including phenoxy) is 1. The van der Waals surface area contributed by atoms with Gasteiger partial charge in [-0.05, 0) is 18.2 Å². The molecule has 1 fully saturated rings. The predicted octanol–water partition coefficient (Wildman–Crippen LogP) is 2.80. The third kappa shape index (κ3) is 3.06. The van der Waals surface area contributed by atoms with Gasteiger partial charge in [-0.25, -0.2) is 0 Å². The fourth-order valence-electron chi connectivity index (χ4n) is 1.69. The normalized spacial score (nSPS) is 15.4. The molecule has 0 aliphatic carbocycles. The highest BCUT2D eigenvalue weighted by Gasteiger charge is 2.30. The number of benzene rings is 1. The Kier molecular flexibility index (Phi) is 4.30. The molecule has 1 aliphatic heterocycles. The number of alkyl halides is 1. The summed E-state index contributed by atoms with van der Waals surface area (Å²) < 4.78 is 17.5. The third-order valence-corrected chi connectivity index (χ3v) is 3.30. The molecule has 1 amide bonds. The van der Waals surface area contributed by atoms with Crippen molar-refractivity contribution >= 4 is 29.1 Å². The first-order chi connectivity index (χ1) is 8.60. The minimum Gasteiger partial charge on any atom is -0.482 e. The van der Waals surface area contributed by atoms with Crippen LogP contribution < -0.4 is 4.74 Å². The molecule has 1 aromatic carbocycles. The fraction of sp³-hybridized carbons (Fsp3) is 0.417. The van der Waals surface area contributed by atoms with Crippen LogP contribution in [0.1, 0.15) is 0 Å². The summed E-state index contributed by atoms with van der Waals surface area (Å²) in [7, 11) is 0. The molecule has 3 nitrogen and oxygen atoms in total. The second-order valence-corrected chi connectivity index (χ2v) is 5.03. The summed E-state index contributed by atoms with van der Waals surface area (Å²) in [5, 5.41) is 0.868. The van der Waals surface area contributed by atoms with E-state index in [0.717, 1.165) is 0 Å². The van der Waals surface area contributed by atoms with Crippen LogP contribution >= 0.6 is 23.2 Å². The molecule has 0 aromatic heterocycles. The number of carbonyl (C=O) groups is 1. The molecule has 1 heterocycles. The molecule has 1 aromatic rings. The van der Waals surface area contributed by atoms with Gasteiger partial charge in [-0.1, -0.05) is 23.2 Å². The van der Waals surface area contributed by atoms with E-state index in [1.807, 2.05) is 0 Å². The van der Waals surface area contributed by atoms with Gasteiger partial charge in [0.25, 0.3) is 5.91 Å². The molecular formula is C12H12Cl2FNO2. The van der Waals surface area contributed by atoms with E-state index in [9.17, 15) is 9.18 Å². The van der Waals surface area contributed by atoms with Gasteiger partial charge in [0.05, 0.1) is 11.7 Å². The lowest BCUT2D eigenvalue weighted by atomic mass is 10.0. The van der Waals surface area contributed by atoms with E-state index in [4.69, 9.17) is 27.9 Å². The Hall–Kier alpha value is -1.00. The van der Waals surface area contributed by atoms with Crippen LogP contribution in [-0.4, -0.2) is 37.2 Å². The molecule has 1 aliphatic rings. The number of hydrogen-bond donors (Lipinski definition) is 0. The Balaban J connectivity index is 1.83. The summed E-state index contributed by atoms with van der Waals surface area (Å²) in [6.45, 7) is 0.452. The van der Waals surface area contributed by atoms with Gasteiger partial charge >= 0.3 is 0 Å². The maximum Gasteiger partial charge on any atom is 0.260 e. The monoisotopic (exact) mass is 291 g/mol. The van der Waals surface area contributed by atoms with E-state index in [-0.39, 0.29) is 25.1 Å². The molecule has 2 rings (SSSR count). The molecule has 0 N–H and O–H groups in total. The van der Waals surface area contributed by atoms with Crippen molar-refractivity contribution in [3.05, 3.63) is 28.2 Å². The first-order valence-corrected chi connectivity index (χ1v) is 6.27. The van der Waals surface area contributed by atoms with Gasteiger partial charge in [-0.2, -0.15) is 0 Å². The van der Waals surface area contributed by atoms with Gasteiger partial charge in [-0.15, -0.1) is 0 Å². The predicted molar refractivity (Wildman–Crippen MR) is 68.0 cm³/mol. The average molecular weight is 292 g/mol. The molecule has 0 bridgehead atoms. The second-order valence-electron chi connectivity index (χ2n) is 4.18. The molecule has 0 radical (unpaired) electrons. The first-order valence-electron chi connectivity index (χ1n) is 5.51. The van der Waals surface area contributed by atoms with E-state index in [1.165, 1.54) is 0 Å². The van der Waals surface area contributed by atoms with Crippen molar-refractivity contribution in [3.63, 3.8) is 0 Å². The Morgan fingerprint density at radius 1 is 1.44 bits per heavy atom.